The molecule has 0 atom stereocenters. The van der Waals surface area contributed by atoms with Crippen LogP contribution in [0.15, 0.2) is 33.7 Å². The van der Waals surface area contributed by atoms with Gasteiger partial charge in [0.05, 0.1) is 0 Å². The Morgan fingerprint density at radius 1 is 1.43 bits per heavy atom. The molecule has 2 rings (SSSR count). The Balaban J connectivity index is 2.12. The number of hydrogen-bond donors (Lipinski definition) is 1. The molecule has 1 amide bonds. The van der Waals surface area contributed by atoms with Crippen molar-refractivity contribution in [3.05, 3.63) is 34.3 Å². The number of hydrogen-bond acceptors (Lipinski definition) is 2. The molecule has 4 heteroatoms. The largest absolute Gasteiger partial charge is 0.313 e. The lowest BCUT2D eigenvalue weighted by atomic mass is 10.1. The van der Waals surface area contributed by atoms with Crippen molar-refractivity contribution in [1.29, 1.82) is 0 Å². The van der Waals surface area contributed by atoms with Crippen molar-refractivity contribution in [2.24, 2.45) is 4.99 Å². The molecule has 1 aliphatic heterocycles. The quantitative estimate of drug-likeness (QED) is 0.852. The third kappa shape index (κ3) is 2.01. The first-order valence-corrected chi connectivity index (χ1v) is 5.11. The number of benzene rings is 1. The molecule has 1 N–H and O–H groups in total. The topological polar surface area (TPSA) is 41.5 Å². The first-order chi connectivity index (χ1) is 6.75. The van der Waals surface area contributed by atoms with Gasteiger partial charge in [-0.2, -0.15) is 0 Å². The normalized spacial score (nSPS) is 15.2. The van der Waals surface area contributed by atoms with Crippen LogP contribution in [0.25, 0.3) is 0 Å². The van der Waals surface area contributed by atoms with Crippen LogP contribution in [-0.2, 0) is 11.2 Å². The number of halogens is 1. The van der Waals surface area contributed by atoms with Crippen molar-refractivity contribution in [1.82, 2.24) is 5.32 Å². The van der Waals surface area contributed by atoms with Gasteiger partial charge in [-0.25, -0.2) is 0 Å². The molecule has 1 aliphatic rings. The number of carbonyl (C=O) groups excluding carboxylic acids is 1. The first kappa shape index (κ1) is 9.40. The molecule has 0 aliphatic carbocycles. The number of rotatable bonds is 2. The summed E-state index contributed by atoms with van der Waals surface area (Å²) in [6.07, 6.45) is 0.674. The van der Waals surface area contributed by atoms with Gasteiger partial charge in [-0.15, -0.1) is 0 Å². The molecule has 0 spiro atoms. The van der Waals surface area contributed by atoms with Gasteiger partial charge < -0.3 is 5.32 Å². The zero-order valence-electron chi connectivity index (χ0n) is 7.46. The third-order valence-corrected chi connectivity index (χ3v) is 2.79. The van der Waals surface area contributed by atoms with E-state index in [1.165, 1.54) is 0 Å². The van der Waals surface area contributed by atoms with Gasteiger partial charge >= 0.3 is 0 Å². The molecular weight excluding hydrogens is 244 g/mol. The van der Waals surface area contributed by atoms with Crippen molar-refractivity contribution in [2.45, 2.75) is 6.42 Å². The second-order valence-electron chi connectivity index (χ2n) is 3.08. The van der Waals surface area contributed by atoms with Crippen molar-refractivity contribution in [3.8, 4) is 0 Å². The van der Waals surface area contributed by atoms with Gasteiger partial charge in [0, 0.05) is 10.9 Å². The number of nitrogens with zero attached hydrogens (tertiary/aromatic N) is 1. The highest BCUT2D eigenvalue weighted by atomic mass is 79.9. The summed E-state index contributed by atoms with van der Waals surface area (Å²) in [5, 5.41) is 2.72. The monoisotopic (exact) mass is 252 g/mol. The average molecular weight is 253 g/mol. The average Bonchev–Trinajstić information content (AvgIpc) is 2.56. The number of nitrogens with one attached hydrogen (secondary N) is 1. The first-order valence-electron chi connectivity index (χ1n) is 4.32. The van der Waals surface area contributed by atoms with Crippen LogP contribution in [0, 0.1) is 0 Å². The summed E-state index contributed by atoms with van der Waals surface area (Å²) in [4.78, 5) is 15.0. The molecule has 0 fully saturated rings. The van der Waals surface area contributed by atoms with Gasteiger partial charge in [-0.05, 0) is 11.6 Å². The van der Waals surface area contributed by atoms with Crippen LogP contribution in [-0.4, -0.2) is 18.3 Å². The van der Waals surface area contributed by atoms with E-state index >= 15 is 0 Å². The minimum Gasteiger partial charge on any atom is -0.313 e. The van der Waals surface area contributed by atoms with Gasteiger partial charge in [0.1, 0.15) is 12.4 Å². The van der Waals surface area contributed by atoms with E-state index in [-0.39, 0.29) is 12.5 Å². The van der Waals surface area contributed by atoms with E-state index in [1.807, 2.05) is 24.3 Å². The zero-order valence-corrected chi connectivity index (χ0v) is 9.04. The Bertz CT molecular complexity index is 401. The maximum Gasteiger partial charge on any atom is 0.247 e. The Hall–Kier alpha value is -1.16. The van der Waals surface area contributed by atoms with E-state index in [2.05, 4.69) is 26.2 Å². The van der Waals surface area contributed by atoms with Gasteiger partial charge in [-0.3, -0.25) is 9.79 Å². The highest BCUT2D eigenvalue weighted by Gasteiger charge is 2.13. The van der Waals surface area contributed by atoms with Crippen LogP contribution in [0.1, 0.15) is 5.56 Å². The van der Waals surface area contributed by atoms with Crippen molar-refractivity contribution >= 4 is 27.7 Å². The van der Waals surface area contributed by atoms with Crippen LogP contribution in [0.3, 0.4) is 0 Å². The summed E-state index contributed by atoms with van der Waals surface area (Å²) >= 11 is 3.45. The van der Waals surface area contributed by atoms with Crippen LogP contribution in [0.4, 0.5) is 0 Å². The summed E-state index contributed by atoms with van der Waals surface area (Å²) in [5.74, 6) is 0.731. The minimum absolute atomic E-state index is 0.0212. The summed E-state index contributed by atoms with van der Waals surface area (Å²) in [6.45, 7) is 0.264. The summed E-state index contributed by atoms with van der Waals surface area (Å²) in [7, 11) is 0. The molecule has 1 aromatic rings. The highest BCUT2D eigenvalue weighted by molar-refractivity contribution is 9.10. The molecule has 1 aromatic carbocycles. The number of amides is 1. The molecule has 0 aromatic heterocycles. The van der Waals surface area contributed by atoms with Gasteiger partial charge in [-0.1, -0.05) is 34.1 Å². The van der Waals surface area contributed by atoms with E-state index in [9.17, 15) is 4.79 Å². The second-order valence-corrected chi connectivity index (χ2v) is 3.93. The fourth-order valence-corrected chi connectivity index (χ4v) is 1.75. The van der Waals surface area contributed by atoms with Crippen molar-refractivity contribution in [3.63, 3.8) is 0 Å². The smallest absolute Gasteiger partial charge is 0.247 e. The summed E-state index contributed by atoms with van der Waals surface area (Å²) in [5.41, 5.74) is 1.13. The maximum absolute atomic E-state index is 10.9. The van der Waals surface area contributed by atoms with Crippen LogP contribution >= 0.6 is 15.9 Å². The maximum atomic E-state index is 10.9. The Morgan fingerprint density at radius 2 is 2.21 bits per heavy atom. The molecule has 0 radical (unpaired) electrons. The van der Waals surface area contributed by atoms with Crippen LogP contribution in [0.5, 0.6) is 0 Å². The molecule has 72 valence electrons. The van der Waals surface area contributed by atoms with E-state index in [0.717, 1.165) is 15.9 Å². The zero-order chi connectivity index (χ0) is 9.97. The standard InChI is InChI=1S/C10H9BrN2O/c11-8-4-2-1-3-7(8)5-9-12-6-10(14)13-9/h1-4H,5-6H2,(H,12,13,14). The van der Waals surface area contributed by atoms with Gasteiger partial charge in [0.25, 0.3) is 0 Å². The Morgan fingerprint density at radius 3 is 2.86 bits per heavy atom. The van der Waals surface area contributed by atoms with Gasteiger partial charge in [0.2, 0.25) is 5.91 Å². The van der Waals surface area contributed by atoms with Crippen molar-refractivity contribution in [2.75, 3.05) is 6.54 Å². The van der Waals surface area contributed by atoms with E-state index in [0.29, 0.717) is 6.42 Å². The highest BCUT2D eigenvalue weighted by Crippen LogP contribution is 2.16. The molecule has 1 heterocycles. The fourth-order valence-electron chi connectivity index (χ4n) is 1.33. The predicted octanol–water partition coefficient (Wildman–Crippen LogP) is 1.52. The second kappa shape index (κ2) is 3.92. The van der Waals surface area contributed by atoms with Gasteiger partial charge in [0.15, 0.2) is 0 Å². The third-order valence-electron chi connectivity index (χ3n) is 2.01. The molecule has 0 saturated heterocycles. The Kier molecular flexibility index (Phi) is 2.63. The molecule has 3 nitrogen and oxygen atoms in total. The number of carbonyl (C=O) groups is 1. The lowest BCUT2D eigenvalue weighted by Gasteiger charge is -2.03. The molecule has 0 saturated carbocycles. The molecular formula is C10H9BrN2O. The minimum atomic E-state index is -0.0212. The number of amidine groups is 1. The number of aliphatic imine (C=N–C) groups is 1. The Labute approximate surface area is 90.4 Å². The fraction of sp³-hybridized carbons (Fsp3) is 0.200. The van der Waals surface area contributed by atoms with Crippen molar-refractivity contribution < 1.29 is 4.79 Å². The van der Waals surface area contributed by atoms with Crippen LogP contribution in [0.2, 0.25) is 0 Å². The summed E-state index contributed by atoms with van der Waals surface area (Å²) in [6, 6.07) is 7.92. The SMILES string of the molecule is O=C1CN=C(Cc2ccccc2Br)N1. The summed E-state index contributed by atoms with van der Waals surface area (Å²) < 4.78 is 1.05. The molecule has 14 heavy (non-hydrogen) atoms. The van der Waals surface area contributed by atoms with Crippen LogP contribution < -0.4 is 5.32 Å². The predicted molar refractivity (Wildman–Crippen MR) is 58.3 cm³/mol. The van der Waals surface area contributed by atoms with E-state index in [4.69, 9.17) is 0 Å². The lowest BCUT2D eigenvalue weighted by molar-refractivity contribution is -0.117. The molecule has 0 unspecified atom stereocenters. The van der Waals surface area contributed by atoms with E-state index < -0.39 is 0 Å². The van der Waals surface area contributed by atoms with E-state index in [1.54, 1.807) is 0 Å². The molecule has 0 bridgehead atoms. The lowest BCUT2D eigenvalue weighted by Crippen LogP contribution is -2.26.